The highest BCUT2D eigenvalue weighted by Gasteiger charge is 2.31. The standard InChI is InChI=1S/C26H24FN7O/c1-3-17-9-10-23(28)34(17)25(29)20-5-4-6-24(31-20)32-26(35)18-12-22(15(2)11-19(18)27)33-13-21(30-14-33)16-7-8-16/h1,4-6,11-14,16-17,28-29H,7-10H2,2H3,(H,31,32,35)/t17-/m1/s1. The average Bonchev–Trinajstić information content (AvgIpc) is 3.45. The van der Waals surface area contributed by atoms with Crippen LogP contribution in [0.4, 0.5) is 10.2 Å². The van der Waals surface area contributed by atoms with Gasteiger partial charge in [0.05, 0.1) is 29.3 Å². The number of pyridine rings is 1. The maximum absolute atomic E-state index is 14.8. The van der Waals surface area contributed by atoms with E-state index < -0.39 is 11.7 Å². The monoisotopic (exact) mass is 469 g/mol. The molecule has 2 fully saturated rings. The van der Waals surface area contributed by atoms with Crippen LogP contribution in [0.5, 0.6) is 0 Å². The third-order valence-electron chi connectivity index (χ3n) is 6.33. The van der Waals surface area contributed by atoms with Crippen molar-refractivity contribution in [3.63, 3.8) is 0 Å². The number of rotatable bonds is 5. The second kappa shape index (κ2) is 8.80. The third kappa shape index (κ3) is 4.30. The summed E-state index contributed by atoms with van der Waals surface area (Å²) < 4.78 is 16.6. The molecule has 0 unspecified atom stereocenters. The molecule has 1 aliphatic carbocycles. The summed E-state index contributed by atoms with van der Waals surface area (Å²) in [5, 5.41) is 19.2. The number of hydrogen-bond donors (Lipinski definition) is 3. The Hall–Kier alpha value is -4.32. The minimum atomic E-state index is -0.655. The molecule has 3 N–H and O–H groups in total. The first-order valence-corrected chi connectivity index (χ1v) is 11.4. The van der Waals surface area contributed by atoms with Crippen molar-refractivity contribution < 1.29 is 9.18 Å². The van der Waals surface area contributed by atoms with Gasteiger partial charge in [0.2, 0.25) is 0 Å². The molecule has 1 atom stereocenters. The summed E-state index contributed by atoms with van der Waals surface area (Å²) in [5.74, 6) is 2.20. The molecule has 176 valence electrons. The van der Waals surface area contributed by atoms with Crippen molar-refractivity contribution in [2.75, 3.05) is 5.32 Å². The molecule has 2 aromatic heterocycles. The van der Waals surface area contributed by atoms with Gasteiger partial charge in [-0.1, -0.05) is 12.0 Å². The van der Waals surface area contributed by atoms with Gasteiger partial charge in [0.25, 0.3) is 5.91 Å². The van der Waals surface area contributed by atoms with Crippen LogP contribution < -0.4 is 5.32 Å². The highest BCUT2D eigenvalue weighted by molar-refractivity contribution is 6.08. The van der Waals surface area contributed by atoms with Crippen LogP contribution in [0.25, 0.3) is 5.69 Å². The Labute approximate surface area is 202 Å². The number of hydrogen-bond acceptors (Lipinski definition) is 5. The number of anilines is 1. The maximum atomic E-state index is 14.8. The quantitative estimate of drug-likeness (QED) is 0.295. The molecule has 9 heteroatoms. The summed E-state index contributed by atoms with van der Waals surface area (Å²) in [6, 6.07) is 7.27. The summed E-state index contributed by atoms with van der Waals surface area (Å²) in [6.45, 7) is 1.78. The molecule has 8 nitrogen and oxygen atoms in total. The van der Waals surface area contributed by atoms with Gasteiger partial charge >= 0.3 is 0 Å². The summed E-state index contributed by atoms with van der Waals surface area (Å²) in [6.07, 6.45) is 12.5. The number of benzene rings is 1. The van der Waals surface area contributed by atoms with Crippen molar-refractivity contribution >= 4 is 23.4 Å². The van der Waals surface area contributed by atoms with Crippen LogP contribution in [0, 0.1) is 35.9 Å². The molecule has 3 aromatic rings. The fourth-order valence-corrected chi connectivity index (χ4v) is 4.28. The lowest BCUT2D eigenvalue weighted by atomic mass is 10.1. The second-order valence-electron chi connectivity index (χ2n) is 8.85. The molecule has 0 bridgehead atoms. The fourth-order valence-electron chi connectivity index (χ4n) is 4.28. The fraction of sp³-hybridized carbons (Fsp3) is 0.269. The van der Waals surface area contributed by atoms with Crippen molar-refractivity contribution in [3.8, 4) is 18.0 Å². The van der Waals surface area contributed by atoms with Gasteiger partial charge in [0, 0.05) is 18.5 Å². The average molecular weight is 470 g/mol. The number of carbonyl (C=O) groups excluding carboxylic acids is 1. The zero-order valence-electron chi connectivity index (χ0n) is 19.2. The van der Waals surface area contributed by atoms with Crippen LogP contribution in [0.1, 0.15) is 58.9 Å². The van der Waals surface area contributed by atoms with E-state index >= 15 is 0 Å². The molecule has 0 spiro atoms. The molecule has 1 aliphatic heterocycles. The molecular formula is C26H24FN7O. The maximum Gasteiger partial charge on any atom is 0.259 e. The third-order valence-corrected chi connectivity index (χ3v) is 6.33. The number of amidine groups is 2. The van der Waals surface area contributed by atoms with Gasteiger partial charge in [0.1, 0.15) is 23.2 Å². The first-order valence-electron chi connectivity index (χ1n) is 11.4. The number of amides is 1. The molecule has 1 aromatic carbocycles. The van der Waals surface area contributed by atoms with Gasteiger partial charge in [-0.05, 0) is 56.0 Å². The minimum absolute atomic E-state index is 0.0121. The summed E-state index contributed by atoms with van der Waals surface area (Å²) in [5.41, 5.74) is 2.49. The highest BCUT2D eigenvalue weighted by Crippen LogP contribution is 2.39. The number of aromatic nitrogens is 3. The zero-order valence-corrected chi connectivity index (χ0v) is 19.2. The molecule has 1 amide bonds. The van der Waals surface area contributed by atoms with Crippen LogP contribution in [0.2, 0.25) is 0 Å². The van der Waals surface area contributed by atoms with Crippen molar-refractivity contribution in [1.82, 2.24) is 19.4 Å². The second-order valence-corrected chi connectivity index (χ2v) is 8.85. The van der Waals surface area contributed by atoms with E-state index in [1.54, 1.807) is 31.5 Å². The first kappa shape index (κ1) is 22.5. The predicted octanol–water partition coefficient (Wildman–Crippen LogP) is 4.24. The van der Waals surface area contributed by atoms with E-state index in [2.05, 4.69) is 21.2 Å². The summed E-state index contributed by atoms with van der Waals surface area (Å²) >= 11 is 0. The Balaban J connectivity index is 1.38. The number of nitrogens with one attached hydrogen (secondary N) is 3. The van der Waals surface area contributed by atoms with E-state index in [0.717, 1.165) is 18.5 Å². The minimum Gasteiger partial charge on any atom is -0.306 e. The van der Waals surface area contributed by atoms with E-state index in [1.807, 2.05) is 10.8 Å². The normalized spacial score (nSPS) is 17.3. The first-order chi connectivity index (χ1) is 16.9. The SMILES string of the molecule is C#C[C@@H]1CCC(=N)N1C(=N)c1cccc(NC(=O)c2cc(-n3cnc(C4CC4)c3)c(C)cc2F)n1. The predicted molar refractivity (Wildman–Crippen MR) is 131 cm³/mol. The molecular weight excluding hydrogens is 445 g/mol. The van der Waals surface area contributed by atoms with Gasteiger partial charge in [-0.3, -0.25) is 20.5 Å². The highest BCUT2D eigenvalue weighted by atomic mass is 19.1. The van der Waals surface area contributed by atoms with Crippen molar-refractivity contribution in [3.05, 3.63) is 71.2 Å². The molecule has 5 rings (SSSR count). The van der Waals surface area contributed by atoms with Crippen molar-refractivity contribution in [2.24, 2.45) is 0 Å². The Morgan fingerprint density at radius 1 is 1.29 bits per heavy atom. The Morgan fingerprint density at radius 3 is 2.83 bits per heavy atom. The lowest BCUT2D eigenvalue weighted by molar-refractivity contribution is 0.102. The molecule has 1 saturated carbocycles. The van der Waals surface area contributed by atoms with E-state index in [4.69, 9.17) is 17.2 Å². The molecule has 0 radical (unpaired) electrons. The van der Waals surface area contributed by atoms with Gasteiger partial charge in [-0.2, -0.15) is 0 Å². The molecule has 35 heavy (non-hydrogen) atoms. The van der Waals surface area contributed by atoms with E-state index in [0.29, 0.717) is 30.0 Å². The molecule has 2 aliphatic rings. The van der Waals surface area contributed by atoms with Gasteiger partial charge in [-0.25, -0.2) is 14.4 Å². The van der Waals surface area contributed by atoms with Crippen LogP contribution in [-0.2, 0) is 0 Å². The number of likely N-dealkylation sites (tertiary alicyclic amines) is 1. The Morgan fingerprint density at radius 2 is 2.09 bits per heavy atom. The van der Waals surface area contributed by atoms with Crippen LogP contribution in [0.15, 0.2) is 42.9 Å². The zero-order chi connectivity index (χ0) is 24.7. The van der Waals surface area contributed by atoms with Gasteiger partial charge in [0.15, 0.2) is 5.84 Å². The number of imidazole rings is 1. The van der Waals surface area contributed by atoms with E-state index in [9.17, 15) is 9.18 Å². The largest absolute Gasteiger partial charge is 0.306 e. The van der Waals surface area contributed by atoms with Gasteiger partial charge in [-0.15, -0.1) is 6.42 Å². The number of terminal acetylenes is 1. The number of nitrogens with zero attached hydrogens (tertiary/aromatic N) is 4. The smallest absolute Gasteiger partial charge is 0.259 e. The van der Waals surface area contributed by atoms with E-state index in [1.165, 1.54) is 17.0 Å². The topological polar surface area (TPSA) is 111 Å². The number of halogens is 1. The lowest BCUT2D eigenvalue weighted by Gasteiger charge is -2.23. The van der Waals surface area contributed by atoms with Crippen LogP contribution in [-0.4, -0.2) is 43.1 Å². The molecule has 3 heterocycles. The van der Waals surface area contributed by atoms with Crippen molar-refractivity contribution in [1.29, 1.82) is 10.8 Å². The van der Waals surface area contributed by atoms with Crippen LogP contribution >= 0.6 is 0 Å². The summed E-state index contributed by atoms with van der Waals surface area (Å²) in [7, 11) is 0. The number of carbonyl (C=O) groups is 1. The Bertz CT molecular complexity index is 1400. The molecule has 1 saturated heterocycles. The number of aryl methyl sites for hydroxylation is 1. The Kier molecular flexibility index (Phi) is 5.65. The van der Waals surface area contributed by atoms with Crippen molar-refractivity contribution in [2.45, 2.75) is 44.6 Å². The van der Waals surface area contributed by atoms with E-state index in [-0.39, 0.29) is 34.8 Å². The summed E-state index contributed by atoms with van der Waals surface area (Å²) in [4.78, 5) is 23.2. The lowest BCUT2D eigenvalue weighted by Crippen LogP contribution is -2.38. The van der Waals surface area contributed by atoms with Crippen LogP contribution in [0.3, 0.4) is 0 Å². The van der Waals surface area contributed by atoms with Gasteiger partial charge < -0.3 is 9.88 Å².